The van der Waals surface area contributed by atoms with Crippen LogP contribution in [-0.4, -0.2) is 47.3 Å². The topological polar surface area (TPSA) is 150 Å². The van der Waals surface area contributed by atoms with E-state index >= 15 is 0 Å². The predicted octanol–water partition coefficient (Wildman–Crippen LogP) is 3.67. The van der Waals surface area contributed by atoms with Gasteiger partial charge in [-0.25, -0.2) is 0 Å². The van der Waals surface area contributed by atoms with Crippen molar-refractivity contribution >= 4 is 34.9 Å². The van der Waals surface area contributed by atoms with Crippen molar-refractivity contribution < 1.29 is 23.9 Å². The Morgan fingerprint density at radius 3 is 2.41 bits per heavy atom. The summed E-state index contributed by atoms with van der Waals surface area (Å²) in [6, 6.07) is 13.3. The number of carbonyl (C=O) groups excluding carboxylic acids is 3. The zero-order valence-corrected chi connectivity index (χ0v) is 22.8. The molecule has 1 fully saturated rings. The van der Waals surface area contributed by atoms with Crippen molar-refractivity contribution in [1.29, 1.82) is 0 Å². The summed E-state index contributed by atoms with van der Waals surface area (Å²) in [5.74, 6) is -0.827. The van der Waals surface area contributed by atoms with Crippen molar-refractivity contribution in [2.45, 2.75) is 50.7 Å². The maximum atomic E-state index is 14.2. The average Bonchev–Trinajstić information content (AvgIpc) is 3.34. The monoisotopic (exact) mass is 551 g/mol. The molecular formula is C28H33N5O5S. The molecule has 11 heteroatoms. The van der Waals surface area contributed by atoms with Gasteiger partial charge in [-0.1, -0.05) is 49.6 Å². The summed E-state index contributed by atoms with van der Waals surface area (Å²) < 4.78 is 15.1. The van der Waals surface area contributed by atoms with Gasteiger partial charge in [0, 0.05) is 18.2 Å². The highest BCUT2D eigenvalue weighted by molar-refractivity contribution is 7.09. The van der Waals surface area contributed by atoms with E-state index in [-0.39, 0.29) is 34.8 Å². The van der Waals surface area contributed by atoms with E-state index in [1.54, 1.807) is 18.2 Å². The van der Waals surface area contributed by atoms with E-state index < -0.39 is 17.9 Å². The van der Waals surface area contributed by atoms with Crippen molar-refractivity contribution in [2.75, 3.05) is 20.0 Å². The molecule has 0 saturated heterocycles. The van der Waals surface area contributed by atoms with Crippen LogP contribution < -0.4 is 26.3 Å². The summed E-state index contributed by atoms with van der Waals surface area (Å²) in [5, 5.41) is 3.17. The van der Waals surface area contributed by atoms with Crippen molar-refractivity contribution in [3.8, 4) is 11.5 Å². The molecule has 3 amide bonds. The fourth-order valence-electron chi connectivity index (χ4n) is 4.85. The number of carbonyl (C=O) groups is 3. The van der Waals surface area contributed by atoms with Crippen LogP contribution in [0.3, 0.4) is 0 Å². The minimum Gasteiger partial charge on any atom is -0.497 e. The minimum absolute atomic E-state index is 0.00559. The van der Waals surface area contributed by atoms with Crippen molar-refractivity contribution in [3.63, 3.8) is 0 Å². The minimum atomic E-state index is -1.11. The highest BCUT2D eigenvalue weighted by Crippen LogP contribution is 2.36. The maximum Gasteiger partial charge on any atom is 0.270 e. The Morgan fingerprint density at radius 1 is 1.08 bits per heavy atom. The van der Waals surface area contributed by atoms with Gasteiger partial charge in [-0.15, -0.1) is 0 Å². The second kappa shape index (κ2) is 12.6. The molecule has 1 heterocycles. The Morgan fingerprint density at radius 2 is 1.79 bits per heavy atom. The zero-order valence-electron chi connectivity index (χ0n) is 22.0. The van der Waals surface area contributed by atoms with Gasteiger partial charge in [0.05, 0.1) is 19.9 Å². The standard InChI is InChI=1S/C28H33N5O5S/c1-37-19-13-14-21(38-2)20(15-19)24(27(35)31-18-11-7-4-8-12-18)33(16-17-9-5-3-6-10-17)28(36)25-22(29)23(26(30)34)32-39-25/h3,5-6,9-10,13-15,18,24H,4,7-8,11-12,16,29H2,1-2H3,(H2,30,34)(H,31,35)/t24-/m1/s1. The molecule has 5 N–H and O–H groups in total. The number of nitrogens with two attached hydrogens (primary N) is 2. The maximum absolute atomic E-state index is 14.2. The molecule has 39 heavy (non-hydrogen) atoms. The van der Waals surface area contributed by atoms with Gasteiger partial charge in [-0.05, 0) is 48.1 Å². The SMILES string of the molecule is COc1ccc(OC)c([C@H](C(=O)NC2CCCCC2)N(Cc2ccccc2)C(=O)c2snc(C(N)=O)c2N)c1. The zero-order chi connectivity index (χ0) is 27.9. The number of benzene rings is 2. The molecule has 0 radical (unpaired) electrons. The lowest BCUT2D eigenvalue weighted by atomic mass is 9.94. The first-order valence-corrected chi connectivity index (χ1v) is 13.5. The molecule has 1 aliphatic carbocycles. The quantitative estimate of drug-likeness (QED) is 0.348. The third-order valence-corrected chi connectivity index (χ3v) is 7.71. The number of aromatic nitrogens is 1. The van der Waals surface area contributed by atoms with Gasteiger partial charge >= 0.3 is 0 Å². The van der Waals surface area contributed by atoms with Crippen LogP contribution in [0, 0.1) is 0 Å². The Labute approximate surface area is 231 Å². The molecule has 4 rings (SSSR count). The average molecular weight is 552 g/mol. The number of hydrogen-bond donors (Lipinski definition) is 3. The number of nitrogens with zero attached hydrogens (tertiary/aromatic N) is 2. The van der Waals surface area contributed by atoms with Crippen molar-refractivity contribution in [1.82, 2.24) is 14.6 Å². The van der Waals surface area contributed by atoms with Gasteiger partial charge in [-0.2, -0.15) is 4.37 Å². The molecule has 1 aromatic heterocycles. The number of methoxy groups -OCH3 is 2. The number of nitrogens with one attached hydrogen (secondary N) is 1. The smallest absolute Gasteiger partial charge is 0.270 e. The van der Waals surface area contributed by atoms with Crippen LogP contribution >= 0.6 is 11.5 Å². The predicted molar refractivity (Wildman–Crippen MR) is 149 cm³/mol. The lowest BCUT2D eigenvalue weighted by molar-refractivity contribution is -0.127. The molecule has 3 aromatic rings. The lowest BCUT2D eigenvalue weighted by Crippen LogP contribution is -2.47. The van der Waals surface area contributed by atoms with Crippen LogP contribution in [0.15, 0.2) is 48.5 Å². The molecule has 1 atom stereocenters. The summed E-state index contributed by atoms with van der Waals surface area (Å²) >= 11 is 0.774. The largest absolute Gasteiger partial charge is 0.497 e. The third kappa shape index (κ3) is 6.31. The second-order valence-electron chi connectivity index (χ2n) is 9.41. The number of rotatable bonds is 10. The Bertz CT molecular complexity index is 1320. The highest BCUT2D eigenvalue weighted by Gasteiger charge is 2.37. The van der Waals surface area contributed by atoms with E-state index in [4.69, 9.17) is 20.9 Å². The van der Waals surface area contributed by atoms with Gasteiger partial charge < -0.3 is 31.2 Å². The highest BCUT2D eigenvalue weighted by atomic mass is 32.1. The van der Waals surface area contributed by atoms with E-state index in [1.807, 2.05) is 30.3 Å². The van der Waals surface area contributed by atoms with E-state index in [0.29, 0.717) is 17.1 Å². The summed E-state index contributed by atoms with van der Waals surface area (Å²) in [7, 11) is 3.03. The molecule has 0 bridgehead atoms. The fraction of sp³-hybridized carbons (Fsp3) is 0.357. The van der Waals surface area contributed by atoms with E-state index in [1.165, 1.54) is 19.1 Å². The number of nitrogen functional groups attached to an aromatic ring is 1. The van der Waals surface area contributed by atoms with E-state index in [9.17, 15) is 14.4 Å². The van der Waals surface area contributed by atoms with Gasteiger partial charge in [0.15, 0.2) is 5.69 Å². The molecule has 0 unspecified atom stereocenters. The normalized spacial score (nSPS) is 14.3. The van der Waals surface area contributed by atoms with Crippen LogP contribution in [0.2, 0.25) is 0 Å². The second-order valence-corrected chi connectivity index (χ2v) is 10.2. The lowest BCUT2D eigenvalue weighted by Gasteiger charge is -2.34. The molecule has 1 saturated carbocycles. The first-order chi connectivity index (χ1) is 18.8. The molecule has 0 spiro atoms. The summed E-state index contributed by atoms with van der Waals surface area (Å²) in [4.78, 5) is 41.6. The van der Waals surface area contributed by atoms with Gasteiger partial charge in [0.25, 0.3) is 11.8 Å². The van der Waals surface area contributed by atoms with Crippen LogP contribution in [-0.2, 0) is 11.3 Å². The molecule has 2 aromatic carbocycles. The molecule has 206 valence electrons. The molecule has 1 aliphatic rings. The van der Waals surface area contributed by atoms with Crippen molar-refractivity contribution in [2.24, 2.45) is 5.73 Å². The van der Waals surface area contributed by atoms with Crippen LogP contribution in [0.5, 0.6) is 11.5 Å². The number of hydrogen-bond acceptors (Lipinski definition) is 8. The van der Waals surface area contributed by atoms with Crippen LogP contribution in [0.4, 0.5) is 5.69 Å². The van der Waals surface area contributed by atoms with Gasteiger partial charge in [0.1, 0.15) is 22.4 Å². The summed E-state index contributed by atoms with van der Waals surface area (Å²) in [6.07, 6.45) is 4.91. The van der Waals surface area contributed by atoms with Crippen LogP contribution in [0.1, 0.15) is 69.4 Å². The molecule has 0 aliphatic heterocycles. The Hall–Kier alpha value is -4.12. The van der Waals surface area contributed by atoms with Gasteiger partial charge in [0.2, 0.25) is 5.91 Å². The number of amides is 3. The van der Waals surface area contributed by atoms with Crippen molar-refractivity contribution in [3.05, 3.63) is 70.2 Å². The van der Waals surface area contributed by atoms with E-state index in [0.717, 1.165) is 49.2 Å². The summed E-state index contributed by atoms with van der Waals surface area (Å²) in [5.41, 5.74) is 12.5. The fourth-order valence-corrected chi connectivity index (χ4v) is 5.61. The molecule has 10 nitrogen and oxygen atoms in total. The summed E-state index contributed by atoms with van der Waals surface area (Å²) in [6.45, 7) is 0.0754. The number of ether oxygens (including phenoxy) is 2. The number of anilines is 1. The van der Waals surface area contributed by atoms with E-state index in [2.05, 4.69) is 9.69 Å². The first-order valence-electron chi connectivity index (χ1n) is 12.8. The first kappa shape index (κ1) is 27.9. The van der Waals surface area contributed by atoms with Gasteiger partial charge in [-0.3, -0.25) is 14.4 Å². The Kier molecular flexibility index (Phi) is 9.03. The number of primary amides is 1. The molecular weight excluding hydrogens is 518 g/mol. The third-order valence-electron chi connectivity index (χ3n) is 6.86. The van der Waals surface area contributed by atoms with Crippen LogP contribution in [0.25, 0.3) is 0 Å². The Balaban J connectivity index is 1.86.